The maximum Gasteiger partial charge on any atom is 0.177 e. The van der Waals surface area contributed by atoms with Crippen LogP contribution in [-0.4, -0.2) is 54.6 Å². The van der Waals surface area contributed by atoms with Crippen LogP contribution in [0.25, 0.3) is 0 Å². The molecule has 0 aliphatic carbocycles. The lowest BCUT2D eigenvalue weighted by atomic mass is 9.83. The lowest BCUT2D eigenvalue weighted by molar-refractivity contribution is -0.875. The maximum absolute atomic E-state index is 12.5. The van der Waals surface area contributed by atoms with Gasteiger partial charge in [-0.3, -0.25) is 4.79 Å². The van der Waals surface area contributed by atoms with Crippen molar-refractivity contribution in [1.82, 2.24) is 0 Å². The van der Waals surface area contributed by atoms with Crippen molar-refractivity contribution in [2.45, 2.75) is 52.1 Å². The van der Waals surface area contributed by atoms with Crippen molar-refractivity contribution >= 4 is 11.8 Å². The van der Waals surface area contributed by atoms with Gasteiger partial charge in [0.15, 0.2) is 11.4 Å². The van der Waals surface area contributed by atoms with Crippen LogP contribution in [0.2, 0.25) is 0 Å². The van der Waals surface area contributed by atoms with E-state index in [4.69, 9.17) is 0 Å². The average Bonchev–Trinajstić information content (AvgIpc) is 2.23. The Balaban J connectivity index is 4.89. The molecule has 0 saturated carbocycles. The van der Waals surface area contributed by atoms with E-state index in [1.54, 1.807) is 6.92 Å². The topological polar surface area (TPSA) is 77.4 Å². The van der Waals surface area contributed by atoms with Crippen LogP contribution in [0, 0.1) is 11.8 Å². The summed E-state index contributed by atoms with van der Waals surface area (Å²) in [6.07, 6.45) is 1.95. The quantitative estimate of drug-likeness (QED) is 0.599. The summed E-state index contributed by atoms with van der Waals surface area (Å²) in [6, 6.07) is 0. The second-order valence-electron chi connectivity index (χ2n) is 7.62. The molecule has 5 nitrogen and oxygen atoms in total. The number of ketones is 1. The molecule has 21 heavy (non-hydrogen) atoms. The third-order valence-electron chi connectivity index (χ3n) is 3.50. The number of likely N-dealkylation sites (N-methyl/N-ethyl adjacent to an activating group) is 1. The van der Waals surface area contributed by atoms with Crippen molar-refractivity contribution in [3.8, 4) is 0 Å². The summed E-state index contributed by atoms with van der Waals surface area (Å²) in [4.78, 5) is 23.4. The fraction of sp³-hybridized carbons (Fsp3) is 0.875. The second-order valence-corrected chi connectivity index (χ2v) is 7.62. The number of carboxylic acids is 1. The van der Waals surface area contributed by atoms with Crippen LogP contribution in [0.15, 0.2) is 0 Å². The number of aliphatic hydroxyl groups is 1. The summed E-state index contributed by atoms with van der Waals surface area (Å²) in [6.45, 7) is 6.07. The highest BCUT2D eigenvalue weighted by molar-refractivity contribution is 5.92. The summed E-state index contributed by atoms with van der Waals surface area (Å²) >= 11 is 0. The Morgan fingerprint density at radius 3 is 2.05 bits per heavy atom. The van der Waals surface area contributed by atoms with Crippen molar-refractivity contribution in [2.75, 3.05) is 27.7 Å². The lowest BCUT2D eigenvalue weighted by Gasteiger charge is -2.36. The van der Waals surface area contributed by atoms with Crippen molar-refractivity contribution in [2.24, 2.45) is 11.8 Å². The third kappa shape index (κ3) is 8.17. The lowest BCUT2D eigenvalue weighted by Crippen LogP contribution is -2.57. The van der Waals surface area contributed by atoms with Crippen LogP contribution in [0.3, 0.4) is 0 Å². The first-order valence-corrected chi connectivity index (χ1v) is 7.64. The minimum Gasteiger partial charge on any atom is -0.550 e. The smallest absolute Gasteiger partial charge is 0.177 e. The van der Waals surface area contributed by atoms with E-state index in [1.807, 2.05) is 21.1 Å². The van der Waals surface area contributed by atoms with Gasteiger partial charge in [-0.15, -0.1) is 0 Å². The molecule has 2 atom stereocenters. The van der Waals surface area contributed by atoms with Gasteiger partial charge in [-0.1, -0.05) is 33.6 Å². The molecule has 1 N–H and O–H groups in total. The fourth-order valence-electron chi connectivity index (χ4n) is 2.67. The van der Waals surface area contributed by atoms with Gasteiger partial charge in [0.05, 0.1) is 21.1 Å². The normalized spacial score (nSPS) is 16.6. The molecule has 0 rings (SSSR count). The van der Waals surface area contributed by atoms with E-state index >= 15 is 0 Å². The van der Waals surface area contributed by atoms with Gasteiger partial charge in [0.25, 0.3) is 0 Å². The average molecular weight is 301 g/mol. The zero-order valence-electron chi connectivity index (χ0n) is 14.3. The SMILES string of the molecule is CC(C)CCCC(C)C(=O)C(O)(CC(=O)[O-])C[N+](C)(C)C. The van der Waals surface area contributed by atoms with Gasteiger partial charge in [-0.05, 0) is 12.3 Å². The number of Topliss-reactive ketones (excluding diaryl/α,β-unsaturated/α-hetero) is 1. The van der Waals surface area contributed by atoms with Gasteiger partial charge in [-0.2, -0.15) is 0 Å². The molecule has 124 valence electrons. The Morgan fingerprint density at radius 2 is 1.67 bits per heavy atom. The van der Waals surface area contributed by atoms with E-state index in [2.05, 4.69) is 13.8 Å². The van der Waals surface area contributed by atoms with Crippen LogP contribution < -0.4 is 5.11 Å². The first-order chi connectivity index (χ1) is 9.37. The summed E-state index contributed by atoms with van der Waals surface area (Å²) in [7, 11) is 5.45. The third-order valence-corrected chi connectivity index (χ3v) is 3.50. The highest BCUT2D eigenvalue weighted by Gasteiger charge is 2.42. The van der Waals surface area contributed by atoms with Gasteiger partial charge in [0, 0.05) is 18.3 Å². The molecule has 0 aromatic rings. The number of quaternary nitrogens is 1. The molecule has 0 bridgehead atoms. The van der Waals surface area contributed by atoms with Crippen molar-refractivity contribution < 1.29 is 24.3 Å². The first kappa shape index (κ1) is 20.1. The number of carbonyl (C=O) groups excluding carboxylic acids is 2. The standard InChI is InChI=1S/C16H31NO4/c1-12(2)8-7-9-13(3)15(20)16(21,10-14(18)19)11-17(4,5)6/h12-13,21H,7-11H2,1-6H3. The minimum absolute atomic E-state index is 0.0638. The summed E-state index contributed by atoms with van der Waals surface area (Å²) in [5.41, 5.74) is -1.85. The number of hydrogen-bond donors (Lipinski definition) is 1. The number of carboxylic acid groups (broad SMARTS) is 1. The Bertz CT molecular complexity index is 360. The second kappa shape index (κ2) is 7.90. The number of carbonyl (C=O) groups is 2. The van der Waals surface area contributed by atoms with Crippen LogP contribution in [0.5, 0.6) is 0 Å². The summed E-state index contributed by atoms with van der Waals surface area (Å²) < 4.78 is 0.314. The molecule has 0 spiro atoms. The Morgan fingerprint density at radius 1 is 1.14 bits per heavy atom. The molecular formula is C16H31NO4. The molecule has 5 heteroatoms. The van der Waals surface area contributed by atoms with E-state index in [9.17, 15) is 19.8 Å². The first-order valence-electron chi connectivity index (χ1n) is 7.64. The van der Waals surface area contributed by atoms with Gasteiger partial charge in [0.1, 0.15) is 6.54 Å². The highest BCUT2D eigenvalue weighted by atomic mass is 16.4. The fourth-order valence-corrected chi connectivity index (χ4v) is 2.67. The monoisotopic (exact) mass is 301 g/mol. The minimum atomic E-state index is -1.85. The van der Waals surface area contributed by atoms with Gasteiger partial charge in [-0.25, -0.2) is 0 Å². The van der Waals surface area contributed by atoms with Gasteiger partial charge in [0.2, 0.25) is 0 Å². The Kier molecular flexibility index (Phi) is 7.54. The number of nitrogens with zero attached hydrogens (tertiary/aromatic N) is 1. The number of aliphatic carboxylic acids is 1. The summed E-state index contributed by atoms with van der Waals surface area (Å²) in [5.74, 6) is -1.56. The molecule has 0 heterocycles. The van der Waals surface area contributed by atoms with E-state index < -0.39 is 18.0 Å². The van der Waals surface area contributed by atoms with Crippen LogP contribution >= 0.6 is 0 Å². The molecule has 0 aliphatic heterocycles. The van der Waals surface area contributed by atoms with Crippen molar-refractivity contribution in [3.05, 3.63) is 0 Å². The molecular weight excluding hydrogens is 270 g/mol. The van der Waals surface area contributed by atoms with E-state index in [-0.39, 0.29) is 18.2 Å². The van der Waals surface area contributed by atoms with Crippen molar-refractivity contribution in [1.29, 1.82) is 0 Å². The number of hydrogen-bond acceptors (Lipinski definition) is 4. The Hall–Kier alpha value is -0.940. The molecule has 0 radical (unpaired) electrons. The predicted molar refractivity (Wildman–Crippen MR) is 80.3 cm³/mol. The van der Waals surface area contributed by atoms with Gasteiger partial charge < -0.3 is 19.5 Å². The van der Waals surface area contributed by atoms with Crippen molar-refractivity contribution in [3.63, 3.8) is 0 Å². The summed E-state index contributed by atoms with van der Waals surface area (Å²) in [5, 5.41) is 21.5. The molecule has 0 aromatic carbocycles. The number of rotatable bonds is 10. The van der Waals surface area contributed by atoms with E-state index in [0.717, 1.165) is 12.8 Å². The van der Waals surface area contributed by atoms with E-state index in [1.165, 1.54) is 0 Å². The molecule has 0 fully saturated rings. The van der Waals surface area contributed by atoms with Gasteiger partial charge >= 0.3 is 0 Å². The molecule has 0 aromatic heterocycles. The zero-order chi connectivity index (χ0) is 16.8. The van der Waals surface area contributed by atoms with Crippen LogP contribution in [0.4, 0.5) is 0 Å². The van der Waals surface area contributed by atoms with Crippen LogP contribution in [0.1, 0.15) is 46.5 Å². The maximum atomic E-state index is 12.5. The largest absolute Gasteiger partial charge is 0.550 e. The van der Waals surface area contributed by atoms with E-state index in [0.29, 0.717) is 16.8 Å². The molecule has 2 unspecified atom stereocenters. The molecule has 0 saturated heterocycles. The highest BCUT2D eigenvalue weighted by Crippen LogP contribution is 2.23. The Labute approximate surface area is 128 Å². The predicted octanol–water partition coefficient (Wildman–Crippen LogP) is 0.595. The molecule has 0 aliphatic rings. The zero-order valence-corrected chi connectivity index (χ0v) is 14.3. The van der Waals surface area contributed by atoms with Crippen LogP contribution in [-0.2, 0) is 9.59 Å². The molecule has 0 amide bonds.